The molecule has 3 nitrogen and oxygen atoms in total. The van der Waals surface area contributed by atoms with Gasteiger partial charge < -0.3 is 0 Å². The number of hydrogen-bond donors (Lipinski definition) is 0. The van der Waals surface area contributed by atoms with Crippen LogP contribution in [-0.4, -0.2) is 21.1 Å². The molecule has 1 fully saturated rings. The van der Waals surface area contributed by atoms with Crippen molar-refractivity contribution < 1.29 is 4.84 Å². The van der Waals surface area contributed by atoms with Gasteiger partial charge in [-0.15, -0.1) is 0 Å². The van der Waals surface area contributed by atoms with Crippen LogP contribution in [0.3, 0.4) is 0 Å². The molecule has 1 aliphatic rings. The third-order valence-corrected chi connectivity index (χ3v) is 4.54. The molecule has 1 aromatic rings. The van der Waals surface area contributed by atoms with Gasteiger partial charge >= 0.3 is 0 Å². The maximum atomic E-state index is 6.55. The Kier molecular flexibility index (Phi) is 5.05. The van der Waals surface area contributed by atoms with E-state index < -0.39 is 0 Å². The number of aromatic nitrogens is 1. The van der Waals surface area contributed by atoms with Crippen LogP contribution < -0.4 is 0 Å². The molecule has 2 rings (SSSR count). The second kappa shape index (κ2) is 6.45. The van der Waals surface area contributed by atoms with Crippen molar-refractivity contribution in [3.8, 4) is 0 Å². The van der Waals surface area contributed by atoms with Gasteiger partial charge in [-0.3, -0.25) is 9.82 Å². The zero-order valence-electron chi connectivity index (χ0n) is 14.2. The van der Waals surface area contributed by atoms with Crippen LogP contribution in [0, 0.1) is 0 Å². The van der Waals surface area contributed by atoms with Gasteiger partial charge in [0.2, 0.25) is 0 Å². The molecule has 1 saturated heterocycles. The lowest BCUT2D eigenvalue weighted by Crippen LogP contribution is -2.58. The summed E-state index contributed by atoms with van der Waals surface area (Å²) in [6, 6.07) is 4.15. The largest absolute Gasteiger partial charge is 0.290 e. The van der Waals surface area contributed by atoms with Crippen LogP contribution in [0.1, 0.15) is 78.4 Å². The highest BCUT2D eigenvalue weighted by atomic mass is 16.7. The van der Waals surface area contributed by atoms with Crippen molar-refractivity contribution in [2.24, 2.45) is 0 Å². The molecule has 0 bridgehead atoms. The van der Waals surface area contributed by atoms with E-state index in [0.29, 0.717) is 0 Å². The van der Waals surface area contributed by atoms with E-state index in [1.807, 2.05) is 12.4 Å². The van der Waals surface area contributed by atoms with E-state index in [4.69, 9.17) is 4.84 Å². The molecule has 1 atom stereocenters. The number of hydrogen-bond acceptors (Lipinski definition) is 3. The summed E-state index contributed by atoms with van der Waals surface area (Å²) >= 11 is 0. The second-order valence-corrected chi connectivity index (χ2v) is 7.44. The van der Waals surface area contributed by atoms with Crippen LogP contribution in [0.4, 0.5) is 0 Å². The van der Waals surface area contributed by atoms with E-state index in [1.54, 1.807) is 0 Å². The predicted octanol–water partition coefficient (Wildman–Crippen LogP) is 4.90. The highest BCUT2D eigenvalue weighted by Crippen LogP contribution is 2.41. The minimum Gasteiger partial charge on any atom is -0.290 e. The van der Waals surface area contributed by atoms with Crippen molar-refractivity contribution in [3.63, 3.8) is 0 Å². The summed E-state index contributed by atoms with van der Waals surface area (Å²) in [6.07, 6.45) is 9.62. The Morgan fingerprint density at radius 1 is 1.14 bits per heavy atom. The molecule has 2 heterocycles. The summed E-state index contributed by atoms with van der Waals surface area (Å²) < 4.78 is 0. The molecule has 3 heteroatoms. The SMILES string of the molecule is CCCC(ON1C(C)(C)CCCC1(C)C)c1ccncc1. The Morgan fingerprint density at radius 2 is 1.71 bits per heavy atom. The third-order valence-electron chi connectivity index (χ3n) is 4.54. The first-order chi connectivity index (χ1) is 9.87. The summed E-state index contributed by atoms with van der Waals surface area (Å²) in [7, 11) is 0. The first-order valence-electron chi connectivity index (χ1n) is 8.24. The highest BCUT2D eigenvalue weighted by molar-refractivity contribution is 5.13. The maximum Gasteiger partial charge on any atom is 0.104 e. The van der Waals surface area contributed by atoms with Crippen molar-refractivity contribution in [3.05, 3.63) is 30.1 Å². The van der Waals surface area contributed by atoms with Crippen LogP contribution in [-0.2, 0) is 4.84 Å². The number of hydroxylamine groups is 2. The van der Waals surface area contributed by atoms with Gasteiger partial charge in [0.25, 0.3) is 0 Å². The molecule has 0 radical (unpaired) electrons. The molecule has 118 valence electrons. The average molecular weight is 290 g/mol. The first-order valence-corrected chi connectivity index (χ1v) is 8.24. The zero-order valence-corrected chi connectivity index (χ0v) is 14.2. The van der Waals surface area contributed by atoms with Crippen molar-refractivity contribution in [2.75, 3.05) is 0 Å². The lowest BCUT2D eigenvalue weighted by molar-refractivity contribution is -0.308. The van der Waals surface area contributed by atoms with Crippen molar-refractivity contribution in [1.82, 2.24) is 10.0 Å². The van der Waals surface area contributed by atoms with Crippen molar-refractivity contribution in [2.45, 2.75) is 83.9 Å². The minimum atomic E-state index is 0.0841. The standard InChI is InChI=1S/C18H30N2O/c1-6-8-16(15-9-13-19-14-10-15)21-20-17(2,3)11-7-12-18(20,4)5/h9-10,13-14,16H,6-8,11-12H2,1-5H3. The Balaban J connectivity index is 2.22. The van der Waals surface area contributed by atoms with Gasteiger partial charge in [0.05, 0.1) is 0 Å². The Labute approximate surface area is 129 Å². The van der Waals surface area contributed by atoms with Gasteiger partial charge in [-0.2, -0.15) is 5.06 Å². The average Bonchev–Trinajstić information content (AvgIpc) is 2.42. The van der Waals surface area contributed by atoms with E-state index in [2.05, 4.69) is 56.8 Å². The molecular formula is C18H30N2O. The van der Waals surface area contributed by atoms with E-state index in [1.165, 1.54) is 24.8 Å². The molecule has 0 N–H and O–H groups in total. The monoisotopic (exact) mass is 290 g/mol. The minimum absolute atomic E-state index is 0.0841. The number of piperidine rings is 1. The Bertz CT molecular complexity index is 426. The Hall–Kier alpha value is -0.930. The van der Waals surface area contributed by atoms with E-state index >= 15 is 0 Å². The second-order valence-electron chi connectivity index (χ2n) is 7.44. The molecule has 1 aromatic heterocycles. The van der Waals surface area contributed by atoms with Gasteiger partial charge in [0.15, 0.2) is 0 Å². The molecule has 0 amide bonds. The fourth-order valence-electron chi connectivity index (χ4n) is 3.51. The van der Waals surface area contributed by atoms with E-state index in [9.17, 15) is 0 Å². The summed E-state index contributed by atoms with van der Waals surface area (Å²) in [5, 5.41) is 2.27. The summed E-state index contributed by atoms with van der Waals surface area (Å²) in [5.41, 5.74) is 1.39. The molecule has 1 aliphatic heterocycles. The number of rotatable bonds is 5. The molecule has 0 saturated carbocycles. The predicted molar refractivity (Wildman–Crippen MR) is 86.8 cm³/mol. The maximum absolute atomic E-state index is 6.55. The summed E-state index contributed by atoms with van der Waals surface area (Å²) in [4.78, 5) is 10.7. The smallest absolute Gasteiger partial charge is 0.104 e. The van der Waals surface area contributed by atoms with Gasteiger partial charge in [-0.05, 0) is 71.1 Å². The fraction of sp³-hybridized carbons (Fsp3) is 0.722. The highest BCUT2D eigenvalue weighted by Gasteiger charge is 2.43. The van der Waals surface area contributed by atoms with Gasteiger partial charge in [0, 0.05) is 23.5 Å². The molecule has 21 heavy (non-hydrogen) atoms. The quantitative estimate of drug-likeness (QED) is 0.771. The zero-order chi connectivity index (χ0) is 15.5. The van der Waals surface area contributed by atoms with Crippen LogP contribution >= 0.6 is 0 Å². The molecule has 1 unspecified atom stereocenters. The number of pyridine rings is 1. The summed E-state index contributed by atoms with van der Waals surface area (Å²) in [5.74, 6) is 0. The van der Waals surface area contributed by atoms with Crippen molar-refractivity contribution in [1.29, 1.82) is 0 Å². The van der Waals surface area contributed by atoms with E-state index in [-0.39, 0.29) is 17.2 Å². The lowest BCUT2D eigenvalue weighted by atomic mass is 9.82. The normalized spacial score (nSPS) is 22.9. The van der Waals surface area contributed by atoms with Gasteiger partial charge in [-0.1, -0.05) is 13.3 Å². The molecule has 0 aromatic carbocycles. The third kappa shape index (κ3) is 3.83. The summed E-state index contributed by atoms with van der Waals surface area (Å²) in [6.45, 7) is 11.4. The molecular weight excluding hydrogens is 260 g/mol. The van der Waals surface area contributed by atoms with Gasteiger partial charge in [-0.25, -0.2) is 0 Å². The first kappa shape index (κ1) is 16.4. The van der Waals surface area contributed by atoms with Crippen LogP contribution in [0.25, 0.3) is 0 Å². The fourth-order valence-corrected chi connectivity index (χ4v) is 3.51. The van der Waals surface area contributed by atoms with E-state index in [0.717, 1.165) is 12.8 Å². The number of nitrogens with zero attached hydrogens (tertiary/aromatic N) is 2. The topological polar surface area (TPSA) is 25.4 Å². The molecule has 0 spiro atoms. The van der Waals surface area contributed by atoms with Gasteiger partial charge in [0.1, 0.15) is 6.10 Å². The lowest BCUT2D eigenvalue weighted by Gasteiger charge is -2.52. The van der Waals surface area contributed by atoms with Crippen LogP contribution in [0.15, 0.2) is 24.5 Å². The van der Waals surface area contributed by atoms with Crippen molar-refractivity contribution >= 4 is 0 Å². The Morgan fingerprint density at radius 3 is 2.24 bits per heavy atom. The molecule has 0 aliphatic carbocycles. The van der Waals surface area contributed by atoms with Crippen LogP contribution in [0.5, 0.6) is 0 Å². The van der Waals surface area contributed by atoms with Crippen LogP contribution in [0.2, 0.25) is 0 Å².